The van der Waals surface area contributed by atoms with Crippen LogP contribution in [-0.2, 0) is 14.3 Å². The molecule has 2 N–H and O–H groups in total. The Bertz CT molecular complexity index is 620. The molecule has 0 aromatic heterocycles. The highest BCUT2D eigenvalue weighted by atomic mass is 32.2. The van der Waals surface area contributed by atoms with E-state index in [0.717, 1.165) is 49.4 Å². The van der Waals surface area contributed by atoms with Crippen molar-refractivity contribution in [2.45, 2.75) is 75.9 Å². The number of ether oxygens (including phenoxy) is 2. The van der Waals surface area contributed by atoms with E-state index < -0.39 is 23.9 Å². The number of nitrogens with one attached hydrogen (secondary N) is 1. The molecule has 7 heteroatoms. The third-order valence-electron chi connectivity index (χ3n) is 4.96. The molecule has 1 amide bonds. The molecule has 0 spiro atoms. The maximum absolute atomic E-state index is 12.3. The number of aliphatic hydroxyl groups is 1. The number of hydrogen-bond donors (Lipinski definition) is 2. The molecule has 2 heterocycles. The first-order chi connectivity index (χ1) is 13.4. The van der Waals surface area contributed by atoms with Crippen LogP contribution in [0.25, 0.3) is 0 Å². The standard InChI is InChI=1S/C21H31NO5S/c1-4-6-8-10-16-12-17(26-19(23)11-15(3)9-7-5-2)13-21(25,27-16)18-14-28-20(24)22-18/h4-5,11,16-18,25H,1-2,6-10,12-14H2,3H3,(H,22,24)/t16-,17-,18?,21-/m1/s1. The van der Waals surface area contributed by atoms with Gasteiger partial charge in [-0.15, -0.1) is 13.2 Å². The first kappa shape index (κ1) is 22.7. The van der Waals surface area contributed by atoms with E-state index in [1.807, 2.05) is 19.1 Å². The number of carbonyl (C=O) groups excluding carboxylic acids is 2. The summed E-state index contributed by atoms with van der Waals surface area (Å²) in [5, 5.41) is 13.7. The summed E-state index contributed by atoms with van der Waals surface area (Å²) in [7, 11) is 0. The molecular weight excluding hydrogens is 378 g/mol. The number of rotatable bonds is 10. The molecule has 2 aliphatic rings. The Morgan fingerprint density at radius 2 is 2.18 bits per heavy atom. The quantitative estimate of drug-likeness (QED) is 0.247. The van der Waals surface area contributed by atoms with E-state index in [4.69, 9.17) is 9.47 Å². The van der Waals surface area contributed by atoms with Gasteiger partial charge in [0.1, 0.15) is 6.10 Å². The lowest BCUT2D eigenvalue weighted by Gasteiger charge is -2.43. The maximum Gasteiger partial charge on any atom is 0.330 e. The highest BCUT2D eigenvalue weighted by molar-refractivity contribution is 8.14. The summed E-state index contributed by atoms with van der Waals surface area (Å²) in [6.45, 7) is 9.29. The first-order valence-electron chi connectivity index (χ1n) is 9.79. The topological polar surface area (TPSA) is 84.9 Å². The van der Waals surface area contributed by atoms with Gasteiger partial charge in [0.2, 0.25) is 0 Å². The smallest absolute Gasteiger partial charge is 0.330 e. The zero-order valence-electron chi connectivity index (χ0n) is 16.5. The number of amides is 1. The third kappa shape index (κ3) is 6.79. The van der Waals surface area contributed by atoms with E-state index in [1.165, 1.54) is 6.08 Å². The third-order valence-corrected chi connectivity index (χ3v) is 5.84. The van der Waals surface area contributed by atoms with Crippen LogP contribution in [-0.4, -0.2) is 46.1 Å². The second kappa shape index (κ2) is 10.8. The van der Waals surface area contributed by atoms with E-state index >= 15 is 0 Å². The number of hydrogen-bond acceptors (Lipinski definition) is 6. The van der Waals surface area contributed by atoms with Crippen LogP contribution >= 0.6 is 11.8 Å². The number of thioether (sulfide) groups is 1. The molecular formula is C21H31NO5S. The predicted octanol–water partition coefficient (Wildman–Crippen LogP) is 3.86. The molecule has 2 rings (SSSR count). The summed E-state index contributed by atoms with van der Waals surface area (Å²) in [5.41, 5.74) is 0.925. The van der Waals surface area contributed by atoms with Crippen molar-refractivity contribution in [3.05, 3.63) is 37.0 Å². The molecule has 6 nitrogen and oxygen atoms in total. The van der Waals surface area contributed by atoms with Crippen molar-refractivity contribution in [2.24, 2.45) is 0 Å². The van der Waals surface area contributed by atoms with Gasteiger partial charge >= 0.3 is 5.97 Å². The molecule has 0 aromatic rings. The maximum atomic E-state index is 12.3. The Balaban J connectivity index is 2.04. The van der Waals surface area contributed by atoms with Gasteiger partial charge in [0.25, 0.3) is 5.24 Å². The minimum absolute atomic E-state index is 0.141. The second-order valence-corrected chi connectivity index (χ2v) is 8.41. The molecule has 0 saturated carbocycles. The van der Waals surface area contributed by atoms with Gasteiger partial charge < -0.3 is 19.9 Å². The van der Waals surface area contributed by atoms with Crippen molar-refractivity contribution in [2.75, 3.05) is 5.75 Å². The van der Waals surface area contributed by atoms with Crippen molar-refractivity contribution in [1.29, 1.82) is 0 Å². The molecule has 0 bridgehead atoms. The van der Waals surface area contributed by atoms with Crippen LogP contribution in [0.5, 0.6) is 0 Å². The number of allylic oxidation sites excluding steroid dienone is 3. The fourth-order valence-electron chi connectivity index (χ4n) is 3.50. The number of carbonyl (C=O) groups is 2. The van der Waals surface area contributed by atoms with E-state index in [1.54, 1.807) is 0 Å². The number of esters is 1. The van der Waals surface area contributed by atoms with Gasteiger partial charge in [0, 0.05) is 24.7 Å². The molecule has 2 fully saturated rings. The molecule has 4 atom stereocenters. The van der Waals surface area contributed by atoms with Crippen molar-refractivity contribution in [3.63, 3.8) is 0 Å². The molecule has 156 valence electrons. The molecule has 28 heavy (non-hydrogen) atoms. The average Bonchev–Trinajstić information content (AvgIpc) is 3.07. The largest absolute Gasteiger partial charge is 0.459 e. The summed E-state index contributed by atoms with van der Waals surface area (Å²) >= 11 is 1.12. The summed E-state index contributed by atoms with van der Waals surface area (Å²) in [6, 6.07) is -0.515. The molecule has 0 aromatic carbocycles. The van der Waals surface area contributed by atoms with E-state index in [2.05, 4.69) is 18.5 Å². The molecule has 2 aliphatic heterocycles. The molecule has 2 saturated heterocycles. The minimum Gasteiger partial charge on any atom is -0.459 e. The summed E-state index contributed by atoms with van der Waals surface area (Å²) in [6.07, 6.45) is 9.11. The fourth-order valence-corrected chi connectivity index (χ4v) is 4.38. The highest BCUT2D eigenvalue weighted by Crippen LogP contribution is 2.36. The van der Waals surface area contributed by atoms with Crippen molar-refractivity contribution in [3.8, 4) is 0 Å². The summed E-state index contributed by atoms with van der Waals surface area (Å²) in [5.74, 6) is -1.52. The van der Waals surface area contributed by atoms with Gasteiger partial charge in [-0.1, -0.05) is 29.5 Å². The normalized spacial score (nSPS) is 30.6. The Labute approximate surface area is 171 Å². The Hall–Kier alpha value is -1.57. The lowest BCUT2D eigenvalue weighted by atomic mass is 9.91. The predicted molar refractivity (Wildman–Crippen MR) is 111 cm³/mol. The average molecular weight is 410 g/mol. The molecule has 0 radical (unpaired) electrons. The van der Waals surface area contributed by atoms with Crippen LogP contribution in [0.4, 0.5) is 4.79 Å². The van der Waals surface area contributed by atoms with Gasteiger partial charge in [-0.05, 0) is 39.0 Å². The van der Waals surface area contributed by atoms with Crippen molar-refractivity contribution < 1.29 is 24.2 Å². The lowest BCUT2D eigenvalue weighted by molar-refractivity contribution is -0.283. The fraction of sp³-hybridized carbons (Fsp3) is 0.619. The van der Waals surface area contributed by atoms with Gasteiger partial charge in [-0.2, -0.15) is 0 Å². The minimum atomic E-state index is -1.54. The Kier molecular flexibility index (Phi) is 8.79. The van der Waals surface area contributed by atoms with Crippen LogP contribution in [0.2, 0.25) is 0 Å². The van der Waals surface area contributed by atoms with Crippen molar-refractivity contribution >= 4 is 23.0 Å². The summed E-state index contributed by atoms with van der Waals surface area (Å²) < 4.78 is 11.6. The Morgan fingerprint density at radius 1 is 1.43 bits per heavy atom. The SMILES string of the molecule is C=CCCC[C@@H]1C[C@@H](OC(=O)C=C(C)CCC=C)C[C@](O)(C2CSC(=O)N2)O1. The van der Waals surface area contributed by atoms with Crippen LogP contribution < -0.4 is 5.32 Å². The zero-order chi connectivity index (χ0) is 20.6. The van der Waals surface area contributed by atoms with E-state index in [9.17, 15) is 14.7 Å². The highest BCUT2D eigenvalue weighted by Gasteiger charge is 2.49. The molecule has 0 aliphatic carbocycles. The monoisotopic (exact) mass is 409 g/mol. The van der Waals surface area contributed by atoms with Gasteiger partial charge in [0.05, 0.1) is 12.1 Å². The second-order valence-electron chi connectivity index (χ2n) is 7.42. The van der Waals surface area contributed by atoms with Gasteiger partial charge in [-0.25, -0.2) is 4.79 Å². The number of unbranched alkanes of at least 4 members (excludes halogenated alkanes) is 1. The molecule has 1 unspecified atom stereocenters. The first-order valence-corrected chi connectivity index (χ1v) is 10.8. The van der Waals surface area contributed by atoms with Crippen molar-refractivity contribution in [1.82, 2.24) is 5.32 Å². The zero-order valence-corrected chi connectivity index (χ0v) is 17.3. The van der Waals surface area contributed by atoms with Crippen LogP contribution in [0.1, 0.15) is 51.9 Å². The van der Waals surface area contributed by atoms with Crippen LogP contribution in [0.3, 0.4) is 0 Å². The summed E-state index contributed by atoms with van der Waals surface area (Å²) in [4.78, 5) is 23.9. The van der Waals surface area contributed by atoms with Gasteiger partial charge in [-0.3, -0.25) is 4.79 Å². The van der Waals surface area contributed by atoms with E-state index in [0.29, 0.717) is 12.2 Å². The van der Waals surface area contributed by atoms with E-state index in [-0.39, 0.29) is 17.8 Å². The lowest BCUT2D eigenvalue weighted by Crippen LogP contribution is -2.58. The van der Waals surface area contributed by atoms with Crippen LogP contribution in [0.15, 0.2) is 37.0 Å². The Morgan fingerprint density at radius 3 is 2.82 bits per heavy atom. The van der Waals surface area contributed by atoms with Crippen LogP contribution in [0, 0.1) is 0 Å². The van der Waals surface area contributed by atoms with Gasteiger partial charge in [0.15, 0.2) is 5.79 Å².